The smallest absolute Gasteiger partial charge is 0.338 e. The summed E-state index contributed by atoms with van der Waals surface area (Å²) in [7, 11) is 0. The number of ether oxygens (including phenoxy) is 1. The molecule has 26 heavy (non-hydrogen) atoms. The van der Waals surface area contributed by atoms with Crippen LogP contribution in [0.3, 0.4) is 0 Å². The van der Waals surface area contributed by atoms with E-state index in [1.165, 1.54) is 10.9 Å². The fraction of sp³-hybridized carbons (Fsp3) is 0.222. The molecule has 7 nitrogen and oxygen atoms in total. The number of carbonyl (C=O) groups is 2. The predicted molar refractivity (Wildman–Crippen MR) is 98.6 cm³/mol. The summed E-state index contributed by atoms with van der Waals surface area (Å²) in [5, 5.41) is 0.412. The van der Waals surface area contributed by atoms with Gasteiger partial charge in [0, 0.05) is 0 Å². The molecular weight excluding hydrogens is 354 g/mol. The molecule has 0 aliphatic heterocycles. The summed E-state index contributed by atoms with van der Waals surface area (Å²) < 4.78 is 6.41. The van der Waals surface area contributed by atoms with Crippen LogP contribution in [-0.4, -0.2) is 28.0 Å². The van der Waals surface area contributed by atoms with Gasteiger partial charge < -0.3 is 10.5 Å². The van der Waals surface area contributed by atoms with Crippen LogP contribution < -0.4 is 11.3 Å². The second-order valence-electron chi connectivity index (χ2n) is 5.70. The summed E-state index contributed by atoms with van der Waals surface area (Å²) in [4.78, 5) is 41.0. The molecule has 2 N–H and O–H groups in total. The van der Waals surface area contributed by atoms with Crippen LogP contribution in [0, 0.1) is 6.92 Å². The fourth-order valence-electron chi connectivity index (χ4n) is 2.66. The highest BCUT2D eigenvalue weighted by Gasteiger charge is 2.17. The Morgan fingerprint density at radius 1 is 1.27 bits per heavy atom. The number of hydrogen-bond acceptors (Lipinski definition) is 6. The van der Waals surface area contributed by atoms with Gasteiger partial charge in [0.2, 0.25) is 0 Å². The second kappa shape index (κ2) is 7.09. The molecule has 2 heterocycles. The summed E-state index contributed by atoms with van der Waals surface area (Å²) in [5.74, 6) is -0.946. The molecule has 0 fully saturated rings. The van der Waals surface area contributed by atoms with Crippen molar-refractivity contribution in [2.75, 3.05) is 6.61 Å². The normalized spacial score (nSPS) is 10.8. The van der Waals surface area contributed by atoms with Gasteiger partial charge in [-0.05, 0) is 37.1 Å². The van der Waals surface area contributed by atoms with Gasteiger partial charge in [0.15, 0.2) is 0 Å². The van der Waals surface area contributed by atoms with Gasteiger partial charge in [0.05, 0.1) is 35.3 Å². The summed E-state index contributed by atoms with van der Waals surface area (Å²) in [6, 6.07) is 6.84. The molecule has 3 rings (SSSR count). The minimum atomic E-state index is -0.564. The molecule has 0 bridgehead atoms. The van der Waals surface area contributed by atoms with Crippen molar-refractivity contribution in [1.29, 1.82) is 0 Å². The minimum absolute atomic E-state index is 0.231. The van der Waals surface area contributed by atoms with Crippen LogP contribution in [0.15, 0.2) is 35.4 Å². The molecule has 0 saturated heterocycles. The van der Waals surface area contributed by atoms with E-state index in [0.29, 0.717) is 39.4 Å². The molecule has 0 aliphatic rings. The zero-order valence-corrected chi connectivity index (χ0v) is 15.1. The topological polar surface area (TPSA) is 104 Å². The number of amides is 1. The van der Waals surface area contributed by atoms with Gasteiger partial charge in [-0.2, -0.15) is 0 Å². The first-order chi connectivity index (χ1) is 12.4. The SMILES string of the molecule is CCOC(=O)c1ccc(Cn2cnc3sc(C(N)=O)c(C)c3c2=O)cc1. The van der Waals surface area contributed by atoms with Crippen molar-refractivity contribution in [3.05, 3.63) is 62.5 Å². The Kier molecular flexibility index (Phi) is 4.85. The maximum Gasteiger partial charge on any atom is 0.338 e. The number of thiophene rings is 1. The van der Waals surface area contributed by atoms with Crippen molar-refractivity contribution < 1.29 is 14.3 Å². The van der Waals surface area contributed by atoms with E-state index in [-0.39, 0.29) is 11.5 Å². The molecule has 0 aliphatic carbocycles. The van der Waals surface area contributed by atoms with E-state index in [1.807, 2.05) is 0 Å². The van der Waals surface area contributed by atoms with Gasteiger partial charge in [-0.15, -0.1) is 11.3 Å². The number of nitrogens with zero attached hydrogens (tertiary/aromatic N) is 2. The Balaban J connectivity index is 1.93. The van der Waals surface area contributed by atoms with E-state index < -0.39 is 5.91 Å². The monoisotopic (exact) mass is 371 g/mol. The van der Waals surface area contributed by atoms with Crippen LogP contribution in [0.1, 0.15) is 38.1 Å². The molecule has 2 aromatic heterocycles. The lowest BCUT2D eigenvalue weighted by Gasteiger charge is -2.07. The third-order valence-corrected chi connectivity index (χ3v) is 5.17. The van der Waals surface area contributed by atoms with Crippen LogP contribution >= 0.6 is 11.3 Å². The average Bonchev–Trinajstić information content (AvgIpc) is 2.96. The van der Waals surface area contributed by atoms with Gasteiger partial charge in [-0.1, -0.05) is 12.1 Å². The number of rotatable bonds is 5. The Morgan fingerprint density at radius 2 is 1.96 bits per heavy atom. The Morgan fingerprint density at radius 3 is 2.58 bits per heavy atom. The first kappa shape index (κ1) is 17.8. The van der Waals surface area contributed by atoms with Crippen molar-refractivity contribution in [2.24, 2.45) is 5.73 Å². The Hall–Kier alpha value is -3.00. The maximum absolute atomic E-state index is 12.8. The van der Waals surface area contributed by atoms with Gasteiger partial charge in [-0.25, -0.2) is 9.78 Å². The number of aryl methyl sites for hydroxylation is 1. The van der Waals surface area contributed by atoms with E-state index in [9.17, 15) is 14.4 Å². The number of hydrogen-bond donors (Lipinski definition) is 1. The van der Waals surface area contributed by atoms with Crippen LogP contribution in [0.4, 0.5) is 0 Å². The van der Waals surface area contributed by atoms with E-state index in [2.05, 4.69) is 4.98 Å². The van der Waals surface area contributed by atoms with E-state index in [1.54, 1.807) is 38.1 Å². The van der Waals surface area contributed by atoms with Gasteiger partial charge in [0.25, 0.3) is 11.5 Å². The zero-order valence-electron chi connectivity index (χ0n) is 14.3. The van der Waals surface area contributed by atoms with Crippen molar-refractivity contribution in [2.45, 2.75) is 20.4 Å². The number of benzene rings is 1. The molecule has 0 atom stereocenters. The number of carbonyl (C=O) groups excluding carboxylic acids is 2. The van der Waals surface area contributed by atoms with Crippen LogP contribution in [0.25, 0.3) is 10.2 Å². The van der Waals surface area contributed by atoms with Gasteiger partial charge in [0.1, 0.15) is 4.83 Å². The summed E-state index contributed by atoms with van der Waals surface area (Å²) >= 11 is 1.12. The number of esters is 1. The highest BCUT2D eigenvalue weighted by molar-refractivity contribution is 7.20. The largest absolute Gasteiger partial charge is 0.462 e. The van der Waals surface area contributed by atoms with Crippen LogP contribution in [0.5, 0.6) is 0 Å². The second-order valence-corrected chi connectivity index (χ2v) is 6.69. The van der Waals surface area contributed by atoms with E-state index in [4.69, 9.17) is 10.5 Å². The number of fused-ring (bicyclic) bond motifs is 1. The van der Waals surface area contributed by atoms with Gasteiger partial charge in [-0.3, -0.25) is 14.2 Å². The molecule has 134 valence electrons. The molecule has 1 aromatic carbocycles. The lowest BCUT2D eigenvalue weighted by molar-refractivity contribution is 0.0526. The number of aromatic nitrogens is 2. The Labute approximate surface area is 153 Å². The number of nitrogens with two attached hydrogens (primary N) is 1. The summed E-state index contributed by atoms with van der Waals surface area (Å²) in [5.41, 5.74) is 6.97. The molecule has 3 aromatic rings. The summed E-state index contributed by atoms with van der Waals surface area (Å²) in [6.07, 6.45) is 1.45. The summed E-state index contributed by atoms with van der Waals surface area (Å²) in [6.45, 7) is 4.05. The van der Waals surface area contributed by atoms with E-state index in [0.717, 1.165) is 16.9 Å². The fourth-order valence-corrected chi connectivity index (χ4v) is 3.66. The van der Waals surface area contributed by atoms with Crippen molar-refractivity contribution in [1.82, 2.24) is 9.55 Å². The average molecular weight is 371 g/mol. The molecule has 8 heteroatoms. The lowest BCUT2D eigenvalue weighted by atomic mass is 10.1. The quantitative estimate of drug-likeness (QED) is 0.692. The first-order valence-electron chi connectivity index (χ1n) is 7.96. The molecular formula is C18H17N3O4S. The zero-order chi connectivity index (χ0) is 18.8. The standard InChI is InChI=1S/C18H17N3O4S/c1-3-25-18(24)12-6-4-11(5-7-12)8-21-9-20-16-13(17(21)23)10(2)14(26-16)15(19)22/h4-7,9H,3,8H2,1-2H3,(H2,19,22). The van der Waals surface area contributed by atoms with Crippen LogP contribution in [-0.2, 0) is 11.3 Å². The van der Waals surface area contributed by atoms with Gasteiger partial charge >= 0.3 is 5.97 Å². The highest BCUT2D eigenvalue weighted by atomic mass is 32.1. The molecule has 1 amide bonds. The van der Waals surface area contributed by atoms with E-state index >= 15 is 0 Å². The van der Waals surface area contributed by atoms with Crippen molar-refractivity contribution in [3.63, 3.8) is 0 Å². The highest BCUT2D eigenvalue weighted by Crippen LogP contribution is 2.26. The Bertz CT molecular complexity index is 1050. The molecule has 0 unspecified atom stereocenters. The lowest BCUT2D eigenvalue weighted by Crippen LogP contribution is -2.21. The van der Waals surface area contributed by atoms with Crippen LogP contribution in [0.2, 0.25) is 0 Å². The van der Waals surface area contributed by atoms with Crippen molar-refractivity contribution >= 4 is 33.4 Å². The predicted octanol–water partition coefficient (Wildman–Crippen LogP) is 2.09. The first-order valence-corrected chi connectivity index (χ1v) is 8.78. The number of primary amides is 1. The van der Waals surface area contributed by atoms with Crippen molar-refractivity contribution in [3.8, 4) is 0 Å². The molecule has 0 radical (unpaired) electrons. The molecule has 0 spiro atoms. The maximum atomic E-state index is 12.8. The molecule has 0 saturated carbocycles. The third kappa shape index (κ3) is 3.23. The third-order valence-electron chi connectivity index (χ3n) is 3.96. The minimum Gasteiger partial charge on any atom is -0.462 e.